The van der Waals surface area contributed by atoms with Gasteiger partial charge in [0.15, 0.2) is 0 Å². The van der Waals surface area contributed by atoms with Gasteiger partial charge in [0.25, 0.3) is 0 Å². The highest BCUT2D eigenvalue weighted by atomic mass is 35.5. The molecule has 1 saturated carbocycles. The monoisotopic (exact) mass is 406 g/mol. The van der Waals surface area contributed by atoms with Gasteiger partial charge in [-0.2, -0.15) is 18.2 Å². The number of halogens is 4. The molecule has 8 heteroatoms. The molecule has 0 bridgehead atoms. The number of fused-ring (bicyclic) bond motifs is 1. The highest BCUT2D eigenvalue weighted by Gasteiger charge is 2.49. The topological polar surface area (TPSA) is 49.8 Å². The fourth-order valence-corrected chi connectivity index (χ4v) is 3.27. The number of hydrogen-bond acceptors (Lipinski definition) is 4. The van der Waals surface area contributed by atoms with E-state index in [1.54, 1.807) is 30.3 Å². The molecule has 1 fully saturated rings. The molecule has 0 amide bonds. The summed E-state index contributed by atoms with van der Waals surface area (Å²) in [6.45, 7) is 1.88. The van der Waals surface area contributed by atoms with Gasteiger partial charge in [0.05, 0.1) is 5.52 Å². The van der Waals surface area contributed by atoms with E-state index in [1.165, 1.54) is 0 Å². The summed E-state index contributed by atoms with van der Waals surface area (Å²) in [5, 5.41) is 6.79. The Morgan fingerprint density at radius 2 is 1.86 bits per heavy atom. The summed E-state index contributed by atoms with van der Waals surface area (Å²) >= 11 is 6.15. The van der Waals surface area contributed by atoms with Gasteiger partial charge in [0, 0.05) is 16.1 Å². The van der Waals surface area contributed by atoms with Crippen molar-refractivity contribution < 1.29 is 13.2 Å². The average molecular weight is 407 g/mol. The van der Waals surface area contributed by atoms with Crippen LogP contribution in [0.2, 0.25) is 5.02 Å². The molecular formula is C20H18ClF3N4. The highest BCUT2D eigenvalue weighted by molar-refractivity contribution is 6.31. The number of nitrogens with zero attached hydrogens (tertiary/aromatic N) is 2. The number of benzene rings is 2. The van der Waals surface area contributed by atoms with E-state index < -0.39 is 18.1 Å². The Bertz CT molecular complexity index is 1020. The van der Waals surface area contributed by atoms with Crippen LogP contribution < -0.4 is 10.6 Å². The first-order valence-electron chi connectivity index (χ1n) is 8.94. The molecule has 0 saturated heterocycles. The van der Waals surface area contributed by atoms with E-state index in [0.717, 1.165) is 5.56 Å². The Kier molecular flexibility index (Phi) is 4.79. The summed E-state index contributed by atoms with van der Waals surface area (Å²) < 4.78 is 40.5. The SMILES string of the molecule is Cc1ccc(Nc2nc(N[C@@H](C3CC3)C(F)(F)F)c3ccccc3n2)cc1Cl. The van der Waals surface area contributed by atoms with Crippen LogP contribution in [0.3, 0.4) is 0 Å². The van der Waals surface area contributed by atoms with Crippen LogP contribution in [0.25, 0.3) is 10.9 Å². The number of aromatic nitrogens is 2. The largest absolute Gasteiger partial charge is 0.408 e. The number of para-hydroxylation sites is 1. The molecule has 2 N–H and O–H groups in total. The molecule has 1 atom stereocenters. The molecule has 3 aromatic rings. The van der Waals surface area contributed by atoms with Crippen LogP contribution in [-0.2, 0) is 0 Å². The maximum absolute atomic E-state index is 13.5. The quantitative estimate of drug-likeness (QED) is 0.538. The maximum Gasteiger partial charge on any atom is 0.408 e. The van der Waals surface area contributed by atoms with Gasteiger partial charge in [-0.3, -0.25) is 0 Å². The molecule has 4 rings (SSSR count). The van der Waals surface area contributed by atoms with Crippen molar-refractivity contribution in [1.82, 2.24) is 9.97 Å². The second kappa shape index (κ2) is 7.13. The zero-order valence-electron chi connectivity index (χ0n) is 15.0. The number of nitrogens with one attached hydrogen (secondary N) is 2. The Labute approximate surface area is 165 Å². The van der Waals surface area contributed by atoms with E-state index in [2.05, 4.69) is 20.6 Å². The lowest BCUT2D eigenvalue weighted by Crippen LogP contribution is -2.38. The fraction of sp³-hybridized carbons (Fsp3) is 0.300. The van der Waals surface area contributed by atoms with E-state index in [0.29, 0.717) is 34.5 Å². The third kappa shape index (κ3) is 3.99. The standard InChI is InChI=1S/C20H18ClF3N4/c1-11-6-9-13(10-15(11)21)25-19-26-16-5-3-2-4-14(16)18(28-19)27-17(12-7-8-12)20(22,23)24/h2-6,9-10,12,17H,7-8H2,1H3,(H2,25,26,27,28)/t17-/m0/s1. The molecule has 1 aromatic heterocycles. The third-order valence-electron chi connectivity index (χ3n) is 4.77. The molecule has 1 aliphatic carbocycles. The molecule has 146 valence electrons. The minimum atomic E-state index is -4.34. The summed E-state index contributed by atoms with van der Waals surface area (Å²) in [5.74, 6) is -0.0422. The highest BCUT2D eigenvalue weighted by Crippen LogP contribution is 2.42. The van der Waals surface area contributed by atoms with Crippen LogP contribution in [0, 0.1) is 12.8 Å². The first-order valence-corrected chi connectivity index (χ1v) is 9.32. The number of rotatable bonds is 5. The molecular weight excluding hydrogens is 389 g/mol. The summed E-state index contributed by atoms with van der Waals surface area (Å²) in [4.78, 5) is 8.76. The Hall–Kier alpha value is -2.54. The number of anilines is 3. The number of hydrogen-bond donors (Lipinski definition) is 2. The van der Waals surface area contributed by atoms with Gasteiger partial charge >= 0.3 is 6.18 Å². The molecule has 1 aliphatic rings. The Balaban J connectivity index is 1.71. The van der Waals surface area contributed by atoms with Gasteiger partial charge < -0.3 is 10.6 Å². The van der Waals surface area contributed by atoms with Gasteiger partial charge in [-0.15, -0.1) is 0 Å². The van der Waals surface area contributed by atoms with Gasteiger partial charge in [-0.1, -0.05) is 29.8 Å². The zero-order valence-corrected chi connectivity index (χ0v) is 15.8. The van der Waals surface area contributed by atoms with Gasteiger partial charge in [0.2, 0.25) is 5.95 Å². The molecule has 0 radical (unpaired) electrons. The van der Waals surface area contributed by atoms with Crippen molar-refractivity contribution in [3.05, 3.63) is 53.1 Å². The first-order chi connectivity index (χ1) is 13.3. The van der Waals surface area contributed by atoms with Crippen LogP contribution in [0.15, 0.2) is 42.5 Å². The lowest BCUT2D eigenvalue weighted by atomic mass is 10.1. The van der Waals surface area contributed by atoms with Crippen molar-refractivity contribution in [3.63, 3.8) is 0 Å². The summed E-state index contributed by atoms with van der Waals surface area (Å²) in [6, 6.07) is 10.8. The number of alkyl halides is 3. The predicted molar refractivity (Wildman–Crippen MR) is 105 cm³/mol. The lowest BCUT2D eigenvalue weighted by Gasteiger charge is -2.23. The molecule has 2 aromatic carbocycles. The second-order valence-corrected chi connectivity index (χ2v) is 7.41. The predicted octanol–water partition coefficient (Wildman–Crippen LogP) is 6.09. The van der Waals surface area contributed by atoms with Crippen LogP contribution in [0.5, 0.6) is 0 Å². The lowest BCUT2D eigenvalue weighted by molar-refractivity contribution is -0.146. The van der Waals surface area contributed by atoms with Crippen molar-refractivity contribution in [2.75, 3.05) is 10.6 Å². The van der Waals surface area contributed by atoms with E-state index >= 15 is 0 Å². The van der Waals surface area contributed by atoms with Crippen molar-refractivity contribution in [1.29, 1.82) is 0 Å². The normalized spacial score (nSPS) is 15.5. The van der Waals surface area contributed by atoms with Crippen LogP contribution >= 0.6 is 11.6 Å². The first kappa shape index (κ1) is 18.8. The van der Waals surface area contributed by atoms with Gasteiger partial charge in [-0.05, 0) is 55.5 Å². The summed E-state index contributed by atoms with van der Waals surface area (Å²) in [5.41, 5.74) is 2.13. The molecule has 0 spiro atoms. The molecule has 1 heterocycles. The molecule has 0 aliphatic heterocycles. The molecule has 28 heavy (non-hydrogen) atoms. The second-order valence-electron chi connectivity index (χ2n) is 7.00. The smallest absolute Gasteiger partial charge is 0.358 e. The van der Waals surface area contributed by atoms with Crippen molar-refractivity contribution >= 4 is 40.0 Å². The Morgan fingerprint density at radius 3 is 2.54 bits per heavy atom. The van der Waals surface area contributed by atoms with Gasteiger partial charge in [0.1, 0.15) is 11.9 Å². The van der Waals surface area contributed by atoms with Crippen LogP contribution in [0.4, 0.5) is 30.6 Å². The van der Waals surface area contributed by atoms with Crippen molar-refractivity contribution in [2.45, 2.75) is 32.0 Å². The summed E-state index contributed by atoms with van der Waals surface area (Å²) in [7, 11) is 0. The minimum Gasteiger partial charge on any atom is -0.358 e. The van der Waals surface area contributed by atoms with E-state index in [1.807, 2.05) is 19.1 Å². The Morgan fingerprint density at radius 1 is 1.11 bits per heavy atom. The van der Waals surface area contributed by atoms with Crippen LogP contribution in [0.1, 0.15) is 18.4 Å². The molecule has 4 nitrogen and oxygen atoms in total. The number of aryl methyl sites for hydroxylation is 1. The maximum atomic E-state index is 13.5. The van der Waals surface area contributed by atoms with Gasteiger partial charge in [-0.25, -0.2) is 4.98 Å². The van der Waals surface area contributed by atoms with Crippen molar-refractivity contribution in [2.24, 2.45) is 5.92 Å². The minimum absolute atomic E-state index is 0.167. The molecule has 0 unspecified atom stereocenters. The van der Waals surface area contributed by atoms with E-state index in [-0.39, 0.29) is 11.8 Å². The average Bonchev–Trinajstić information content (AvgIpc) is 3.46. The fourth-order valence-electron chi connectivity index (χ4n) is 3.09. The van der Waals surface area contributed by atoms with Crippen molar-refractivity contribution in [3.8, 4) is 0 Å². The summed E-state index contributed by atoms with van der Waals surface area (Å²) in [6.07, 6.45) is -3.22. The van der Waals surface area contributed by atoms with Crippen LogP contribution in [-0.4, -0.2) is 22.2 Å². The third-order valence-corrected chi connectivity index (χ3v) is 5.18. The van der Waals surface area contributed by atoms with E-state index in [4.69, 9.17) is 11.6 Å². The van der Waals surface area contributed by atoms with E-state index in [9.17, 15) is 13.2 Å². The zero-order chi connectivity index (χ0) is 19.9.